The molecule has 1 unspecified atom stereocenters. The number of aliphatic hydroxyl groups is 1. The molecule has 0 bridgehead atoms. The van der Waals surface area contributed by atoms with E-state index in [1.165, 1.54) is 7.11 Å². The first kappa shape index (κ1) is 14.7. The van der Waals surface area contributed by atoms with E-state index in [0.29, 0.717) is 24.8 Å². The van der Waals surface area contributed by atoms with Crippen LogP contribution in [0.4, 0.5) is 0 Å². The van der Waals surface area contributed by atoms with Crippen LogP contribution in [0.15, 0.2) is 16.5 Å². The van der Waals surface area contributed by atoms with Gasteiger partial charge in [-0.3, -0.25) is 0 Å². The van der Waals surface area contributed by atoms with Gasteiger partial charge in [-0.05, 0) is 24.5 Å². The Balaban J connectivity index is 2.31. The molecule has 0 aromatic carbocycles. The van der Waals surface area contributed by atoms with Gasteiger partial charge in [0.1, 0.15) is 5.76 Å². The van der Waals surface area contributed by atoms with Crippen molar-refractivity contribution in [1.29, 1.82) is 0 Å². The van der Waals surface area contributed by atoms with Crippen LogP contribution >= 0.6 is 0 Å². The summed E-state index contributed by atoms with van der Waals surface area (Å²) in [4.78, 5) is 11.2. The number of ether oxygens (including phenoxy) is 1. The number of rotatable bonds is 7. The lowest BCUT2D eigenvalue weighted by molar-refractivity contribution is 0.0562. The molecule has 0 aliphatic rings. The zero-order valence-corrected chi connectivity index (χ0v) is 11.1. The van der Waals surface area contributed by atoms with Crippen molar-refractivity contribution < 1.29 is 19.1 Å². The third-order valence-electron chi connectivity index (χ3n) is 2.47. The van der Waals surface area contributed by atoms with Gasteiger partial charge in [-0.1, -0.05) is 13.8 Å². The summed E-state index contributed by atoms with van der Waals surface area (Å²) in [7, 11) is 1.31. The largest absolute Gasteiger partial charge is 0.463 e. The van der Waals surface area contributed by atoms with Crippen molar-refractivity contribution in [3.8, 4) is 0 Å². The Kier molecular flexibility index (Phi) is 5.88. The van der Waals surface area contributed by atoms with Gasteiger partial charge in [-0.25, -0.2) is 4.79 Å². The van der Waals surface area contributed by atoms with Crippen molar-refractivity contribution in [2.45, 2.75) is 32.9 Å². The van der Waals surface area contributed by atoms with Crippen LogP contribution in [0.5, 0.6) is 0 Å². The number of methoxy groups -OCH3 is 1. The Morgan fingerprint density at radius 2 is 2.22 bits per heavy atom. The molecule has 1 rings (SSSR count). The smallest absolute Gasteiger partial charge is 0.373 e. The van der Waals surface area contributed by atoms with Crippen molar-refractivity contribution in [3.63, 3.8) is 0 Å². The number of carbonyl (C=O) groups excluding carboxylic acids is 1. The third kappa shape index (κ3) is 4.89. The van der Waals surface area contributed by atoms with Crippen molar-refractivity contribution in [3.05, 3.63) is 23.7 Å². The minimum Gasteiger partial charge on any atom is -0.463 e. The fraction of sp³-hybridized carbons (Fsp3) is 0.615. The summed E-state index contributed by atoms with van der Waals surface area (Å²) >= 11 is 0. The van der Waals surface area contributed by atoms with Gasteiger partial charge in [0.2, 0.25) is 5.76 Å². The molecule has 5 heteroatoms. The van der Waals surface area contributed by atoms with Crippen LogP contribution in [0.1, 0.15) is 36.6 Å². The highest BCUT2D eigenvalue weighted by molar-refractivity contribution is 5.86. The molecule has 18 heavy (non-hydrogen) atoms. The molecule has 0 aliphatic carbocycles. The minimum atomic E-state index is -0.485. The first-order valence-electron chi connectivity index (χ1n) is 6.08. The first-order valence-corrected chi connectivity index (χ1v) is 6.08. The van der Waals surface area contributed by atoms with Crippen molar-refractivity contribution >= 4 is 5.97 Å². The Morgan fingerprint density at radius 3 is 2.83 bits per heavy atom. The molecule has 102 valence electrons. The summed E-state index contributed by atoms with van der Waals surface area (Å²) in [5, 5.41) is 12.7. The zero-order chi connectivity index (χ0) is 13.5. The Bertz CT molecular complexity index is 373. The van der Waals surface area contributed by atoms with Gasteiger partial charge < -0.3 is 19.6 Å². The van der Waals surface area contributed by atoms with E-state index in [1.54, 1.807) is 12.1 Å². The second-order valence-corrected chi connectivity index (χ2v) is 4.67. The minimum absolute atomic E-state index is 0.192. The predicted molar refractivity (Wildman–Crippen MR) is 67.2 cm³/mol. The van der Waals surface area contributed by atoms with E-state index in [9.17, 15) is 9.90 Å². The average Bonchev–Trinajstić information content (AvgIpc) is 2.75. The Labute approximate surface area is 107 Å². The highest BCUT2D eigenvalue weighted by atomic mass is 16.5. The van der Waals surface area contributed by atoms with Crippen LogP contribution in [0.3, 0.4) is 0 Å². The van der Waals surface area contributed by atoms with Gasteiger partial charge in [0, 0.05) is 6.54 Å². The van der Waals surface area contributed by atoms with Gasteiger partial charge in [-0.15, -0.1) is 0 Å². The summed E-state index contributed by atoms with van der Waals surface area (Å²) < 4.78 is 9.82. The lowest BCUT2D eigenvalue weighted by atomic mass is 10.1. The summed E-state index contributed by atoms with van der Waals surface area (Å²) in [5.41, 5.74) is 0. The second kappa shape index (κ2) is 7.18. The van der Waals surface area contributed by atoms with Crippen LogP contribution in [-0.4, -0.2) is 30.8 Å². The van der Waals surface area contributed by atoms with Gasteiger partial charge in [0.15, 0.2) is 0 Å². The van der Waals surface area contributed by atoms with Crippen molar-refractivity contribution in [1.82, 2.24) is 5.32 Å². The number of furan rings is 1. The van der Waals surface area contributed by atoms with Crippen molar-refractivity contribution in [2.24, 2.45) is 5.92 Å². The first-order chi connectivity index (χ1) is 8.52. The number of nitrogens with one attached hydrogen (secondary N) is 1. The summed E-state index contributed by atoms with van der Waals surface area (Å²) in [6, 6.07) is 3.29. The molecule has 0 amide bonds. The van der Waals surface area contributed by atoms with Crippen molar-refractivity contribution in [2.75, 3.05) is 13.7 Å². The van der Waals surface area contributed by atoms with Gasteiger partial charge in [-0.2, -0.15) is 0 Å². The van der Waals surface area contributed by atoms with Crippen LogP contribution in [0, 0.1) is 5.92 Å². The molecule has 1 aromatic rings. The zero-order valence-electron chi connectivity index (χ0n) is 11.1. The second-order valence-electron chi connectivity index (χ2n) is 4.67. The van der Waals surface area contributed by atoms with Gasteiger partial charge >= 0.3 is 5.97 Å². The number of aliphatic hydroxyl groups excluding tert-OH is 1. The maximum Gasteiger partial charge on any atom is 0.373 e. The molecule has 1 aromatic heterocycles. The maximum atomic E-state index is 11.2. The van der Waals surface area contributed by atoms with Crippen LogP contribution in [0.2, 0.25) is 0 Å². The van der Waals surface area contributed by atoms with Gasteiger partial charge in [0.05, 0.1) is 19.8 Å². The predicted octanol–water partition coefficient (Wildman–Crippen LogP) is 1.56. The summed E-state index contributed by atoms with van der Waals surface area (Å²) in [6.45, 7) is 5.12. The SMILES string of the molecule is COC(=O)c1ccc(CNCC(O)CC(C)C)o1. The highest BCUT2D eigenvalue weighted by Gasteiger charge is 2.11. The molecule has 0 aliphatic heterocycles. The van der Waals surface area contributed by atoms with E-state index in [2.05, 4.69) is 23.9 Å². The Hall–Kier alpha value is -1.33. The quantitative estimate of drug-likeness (QED) is 0.723. The third-order valence-corrected chi connectivity index (χ3v) is 2.47. The number of carbonyl (C=O) groups is 1. The molecule has 0 saturated carbocycles. The molecule has 2 N–H and O–H groups in total. The van der Waals surface area contributed by atoms with Crippen LogP contribution in [-0.2, 0) is 11.3 Å². The molecule has 1 heterocycles. The standard InChI is InChI=1S/C13H21NO4/c1-9(2)6-10(15)7-14-8-11-4-5-12(18-11)13(16)17-3/h4-5,9-10,14-15H,6-8H2,1-3H3. The van der Waals surface area contributed by atoms with E-state index < -0.39 is 5.97 Å². The highest BCUT2D eigenvalue weighted by Crippen LogP contribution is 2.09. The fourth-order valence-electron chi connectivity index (χ4n) is 1.67. The molecule has 5 nitrogen and oxygen atoms in total. The lowest BCUT2D eigenvalue weighted by Crippen LogP contribution is -2.27. The molecule has 0 saturated heterocycles. The molecule has 0 radical (unpaired) electrons. The van der Waals surface area contributed by atoms with Crippen LogP contribution < -0.4 is 5.32 Å². The molecule has 1 atom stereocenters. The van der Waals surface area contributed by atoms with E-state index in [0.717, 1.165) is 6.42 Å². The topological polar surface area (TPSA) is 71.7 Å². The monoisotopic (exact) mass is 255 g/mol. The maximum absolute atomic E-state index is 11.2. The fourth-order valence-corrected chi connectivity index (χ4v) is 1.67. The summed E-state index contributed by atoms with van der Waals surface area (Å²) in [5.74, 6) is 0.821. The molecule has 0 spiro atoms. The lowest BCUT2D eigenvalue weighted by Gasteiger charge is -2.13. The Morgan fingerprint density at radius 1 is 1.50 bits per heavy atom. The van der Waals surface area contributed by atoms with E-state index in [4.69, 9.17) is 4.42 Å². The van der Waals surface area contributed by atoms with Gasteiger partial charge in [0.25, 0.3) is 0 Å². The molecular weight excluding hydrogens is 234 g/mol. The van der Waals surface area contributed by atoms with E-state index >= 15 is 0 Å². The summed E-state index contributed by atoms with van der Waals surface area (Å²) in [6.07, 6.45) is 0.401. The van der Waals surface area contributed by atoms with E-state index in [-0.39, 0.29) is 11.9 Å². The van der Waals surface area contributed by atoms with Crippen LogP contribution in [0.25, 0.3) is 0 Å². The number of hydrogen-bond acceptors (Lipinski definition) is 5. The molecule has 0 fully saturated rings. The normalized spacial score (nSPS) is 12.7. The number of hydrogen-bond donors (Lipinski definition) is 2. The average molecular weight is 255 g/mol. The number of esters is 1. The van der Waals surface area contributed by atoms with E-state index in [1.807, 2.05) is 0 Å². The molecular formula is C13H21NO4.